The molecule has 0 aromatic rings. The molecule has 0 spiro atoms. The Morgan fingerprint density at radius 3 is 0.698 bits per heavy atom. The number of hydrogen-bond acceptors (Lipinski definition) is 7. The molecule has 0 bridgehead atoms. The van der Waals surface area contributed by atoms with Gasteiger partial charge in [0.15, 0.2) is 41.6 Å². The van der Waals surface area contributed by atoms with Gasteiger partial charge in [0.2, 0.25) is 0 Å². The Balaban J connectivity index is -0.000000126. The molecule has 4 atom stereocenters. The number of halogens is 4. The van der Waals surface area contributed by atoms with Gasteiger partial charge in [0.05, 0.1) is 13.4 Å². The minimum Gasteiger partial charge on any atom is -0.458 e. The summed E-state index contributed by atoms with van der Waals surface area (Å²) in [5.74, 6) is 1.15. The fourth-order valence-corrected chi connectivity index (χ4v) is 74.6. The summed E-state index contributed by atoms with van der Waals surface area (Å²) in [5, 5.41) is -1.15. The van der Waals surface area contributed by atoms with Crippen LogP contribution in [0.2, 0.25) is 188 Å². The third kappa shape index (κ3) is 61.6. The quantitative estimate of drug-likeness (QED) is 0.0341. The van der Waals surface area contributed by atoms with Crippen molar-refractivity contribution in [2.45, 2.75) is 188 Å². The third-order valence-corrected chi connectivity index (χ3v) is 66.8. The van der Waals surface area contributed by atoms with Crippen LogP contribution < -0.4 is 151 Å². The van der Waals surface area contributed by atoms with Crippen LogP contribution in [-0.4, -0.2) is 604 Å². The van der Waals surface area contributed by atoms with Gasteiger partial charge in [0, 0.05) is 255 Å². The molecule has 0 N–H and O–H groups in total. The van der Waals surface area contributed by atoms with Crippen molar-refractivity contribution in [1.82, 2.24) is 0 Å². The molecule has 0 aliphatic carbocycles. The van der Waals surface area contributed by atoms with Crippen LogP contribution in [0.4, 0.5) is 0 Å². The van der Waals surface area contributed by atoms with E-state index in [1.807, 2.05) is 145 Å². The second kappa shape index (κ2) is 81.5. The van der Waals surface area contributed by atoms with Crippen molar-refractivity contribution < 1.29 is 180 Å². The van der Waals surface area contributed by atoms with Crippen molar-refractivity contribution in [2.24, 2.45) is 0 Å². The molecule has 0 heterocycles. The average Bonchev–Trinajstić information content (AvgIpc) is 0.714. The first-order valence-corrected chi connectivity index (χ1v) is 81.8. The second-order valence-electron chi connectivity index (χ2n) is 38.3. The van der Waals surface area contributed by atoms with Gasteiger partial charge in [0.1, 0.15) is 8.19 Å². The van der Waals surface area contributed by atoms with Crippen LogP contribution in [-0.2, 0) is 28.8 Å². The summed E-state index contributed by atoms with van der Waals surface area (Å²) in [6.07, 6.45) is -0.690. The van der Waals surface area contributed by atoms with Gasteiger partial charge in [-0.25, -0.2) is 0 Å². The summed E-state index contributed by atoms with van der Waals surface area (Å²) in [4.78, 5) is 0. The van der Waals surface area contributed by atoms with Gasteiger partial charge in [-0.3, -0.25) is 0 Å². The van der Waals surface area contributed by atoms with Crippen molar-refractivity contribution in [3.8, 4) is 0 Å². The molecular weight excluding hydrogens is 1860 g/mol. The standard InChI is InChI=1S/C14H30B30O2Si4.C10H22B20O2Si3.C6H18Cl2O2Si3.C4H12Cl2OSi2.2C2H2B10.8Li/c1-30-41(26)13(39(22)23,43(28)34-16)49(6,7)46-50(8,9)14(40(24)25,44(29)35-17)42(27)32-11-48(4,5)45-47(2,3)10-31-37(20)12(36(18)19)38(21)33-15;1-21-27(17)9(23-11,25(13)14)30(20)34(5,6)32-35(7,8)31-33(3,4)10(26(15)16,28(18)22-2)29(19)24-12;1-11(2,7)9-13(5,6)10-12(3,4)8;1-8(2,5)7-9(3,4)6;2*1-8-11(6)2(10(4)5)12(7)9-3;;;;;;;;/h1,10-11H2,2-9H3;1-2H2,3-8H3;1-6H3;1-4H3;2*1H2;;;;;;;;/q2*-2;;;2*-2;8*+1. The van der Waals surface area contributed by atoms with Gasteiger partial charge < -0.3 is 79.8 Å². The van der Waals surface area contributed by atoms with Crippen LogP contribution >= 0.6 is 44.3 Å². The zero-order chi connectivity index (χ0) is 106. The minimum absolute atomic E-state index is 0. The van der Waals surface area contributed by atoms with Gasteiger partial charge in [-0.15, -0.1) is 125 Å². The second-order valence-corrected chi connectivity index (χ2v) is 94.8. The molecule has 0 amide bonds. The fourth-order valence-electron chi connectivity index (χ4n) is 16.8. The van der Waals surface area contributed by atoms with Crippen LogP contribution in [0, 0.1) is 51.0 Å². The van der Waals surface area contributed by atoms with E-state index in [1.165, 1.54) is 71.0 Å². The predicted molar refractivity (Wildman–Crippen MR) is 700 cm³/mol. The molecule has 0 rings (SSSR count). The SMILES string of the molecule is C[Si](C)(Cl)O[Si](C)(C)Cl.C[Si](C)(Cl)O[Si](C)(C)O[Si](C)(C)Cl.[B][B]B([B])C(B([B])[B])(B([B])[B][CH2-])[Si](C)(C)O[Si](C)(C)O[Si](C)(C)B([B])C([B][B])(B([B])[B])B([B])[B][CH2-].[B][B]B([B])[C-](B([B])[B])B([B])[B]C[Si](C)(C)O[Si](C)(C)C[B]B([B])C(B([B])[B])(B([B])[B][B])[Si](C)(C)O[Si](C)(C)C(B([B])[B])(B([B])[B][B])B([B])[B][CH2-].[B][B]B([B])[C-](B([B])[B])B([B])[B][CH2-].[B][B]B([B])[C-](B([B])[B])B([B])[B][CH2-].[Li+].[Li+].[Li+].[Li+].[Li+].[Li+].[Li+].[Li+]. The van der Waals surface area contributed by atoms with E-state index in [2.05, 4.69) is 60.3 Å². The Bertz CT molecular complexity index is 2970. The molecule has 0 saturated heterocycles. The number of rotatable bonds is 57. The molecule has 7 nitrogen and oxygen atoms in total. The van der Waals surface area contributed by atoms with Gasteiger partial charge in [-0.05, 0) is 288 Å². The molecule has 0 aromatic heterocycles. The first kappa shape index (κ1) is 182. The maximum Gasteiger partial charge on any atom is 1.00 e. The number of hydrogen-bond donors (Lipinski definition) is 0. The molecule has 101 heteroatoms. The molecule has 574 valence electrons. The van der Waals surface area contributed by atoms with E-state index in [1.54, 1.807) is 14.3 Å². The van der Waals surface area contributed by atoms with Crippen LogP contribution in [0.25, 0.3) is 0 Å². The van der Waals surface area contributed by atoms with Crippen LogP contribution in [0.5, 0.6) is 0 Å². The summed E-state index contributed by atoms with van der Waals surface area (Å²) in [5.41, 5.74) is 1.69. The van der Waals surface area contributed by atoms with Crippen molar-refractivity contribution >= 4 is 648 Å². The summed E-state index contributed by atoms with van der Waals surface area (Å²) < 4.78 is 41.2. The van der Waals surface area contributed by atoms with Crippen molar-refractivity contribution in [1.29, 1.82) is 0 Å². The molecule has 4 unspecified atom stereocenters. The van der Waals surface area contributed by atoms with E-state index in [0.29, 0.717) is 28.7 Å². The first-order chi connectivity index (χ1) is 58.5. The van der Waals surface area contributed by atoms with Crippen molar-refractivity contribution in [3.05, 3.63) is 51.0 Å². The van der Waals surface area contributed by atoms with Crippen LogP contribution in [0.3, 0.4) is 0 Å². The van der Waals surface area contributed by atoms with Gasteiger partial charge >= 0.3 is 168 Å². The van der Waals surface area contributed by atoms with E-state index >= 15 is 0 Å². The predicted octanol–water partition coefficient (Wildman–Crippen LogP) is -35.2. The maximum atomic E-state index is 7.25. The smallest absolute Gasteiger partial charge is 0.458 e. The Labute approximate surface area is 1050 Å². The molecule has 139 heavy (non-hydrogen) atoms. The Morgan fingerprint density at radius 1 is 0.259 bits per heavy atom. The van der Waals surface area contributed by atoms with Gasteiger partial charge in [0.25, 0.3) is 30.5 Å². The zero-order valence-electron chi connectivity index (χ0n) is 91.2. The molecule has 0 aliphatic rings. The van der Waals surface area contributed by atoms with Crippen molar-refractivity contribution in [3.63, 3.8) is 0 Å². The largest absolute Gasteiger partial charge is 1.00 e. The van der Waals surface area contributed by atoms with Crippen LogP contribution in [0.15, 0.2) is 0 Å². The maximum absolute atomic E-state index is 7.25. The topological polar surface area (TPSA) is 64.6 Å². The van der Waals surface area contributed by atoms with E-state index in [0.717, 1.165) is 0 Å². The molecule has 0 saturated carbocycles. The molecule has 0 fully saturated rings. The van der Waals surface area contributed by atoms with E-state index in [-0.39, 0.29) is 151 Å². The van der Waals surface area contributed by atoms with E-state index < -0.39 is 253 Å². The monoisotopic (exact) mass is 1960 g/mol. The fraction of sp³-hybridized carbons (Fsp3) is 0.789. The van der Waals surface area contributed by atoms with E-state index in [4.69, 9.17) is 344 Å². The summed E-state index contributed by atoms with van der Waals surface area (Å²) >= 11 is 24.0. The van der Waals surface area contributed by atoms with Gasteiger partial charge in [-0.1, -0.05) is 25.0 Å². The Morgan fingerprint density at radius 2 is 0.496 bits per heavy atom. The first-order valence-electron chi connectivity index (χ1n) is 42.6. The Hall–Kier alpha value is 12.8. The minimum atomic E-state index is -3.27. The van der Waals surface area contributed by atoms with Gasteiger partial charge in [-0.2, -0.15) is 32.3 Å². The Kier molecular flexibility index (Phi) is 107. The molecule has 0 aliphatic heterocycles. The summed E-state index contributed by atoms with van der Waals surface area (Å²) in [6, 6.07) is 0. The normalized spacial score (nSPS) is 13.0. The molecular formula is C38H86B70Cl4Li8O7Si12. The molecule has 84 radical (unpaired) electrons. The third-order valence-electron chi connectivity index (χ3n) is 22.1. The average molecular weight is 1950 g/mol. The summed E-state index contributed by atoms with van der Waals surface area (Å²) in [7, 11) is 204. The zero-order valence-corrected chi connectivity index (χ0v) is 106. The van der Waals surface area contributed by atoms with E-state index in [9.17, 15) is 0 Å². The molecule has 0 aromatic carbocycles. The van der Waals surface area contributed by atoms with Crippen LogP contribution in [0.1, 0.15) is 0 Å². The summed E-state index contributed by atoms with van der Waals surface area (Å²) in [6.45, 7) is 51.3. The van der Waals surface area contributed by atoms with Crippen molar-refractivity contribution in [2.75, 3.05) is 0 Å².